The molecular weight excluding hydrogens is 376 g/mol. The molecule has 0 aliphatic carbocycles. The van der Waals surface area contributed by atoms with Crippen LogP contribution in [0.3, 0.4) is 0 Å². The summed E-state index contributed by atoms with van der Waals surface area (Å²) in [6, 6.07) is 13.5. The minimum Gasteiger partial charge on any atom is -0.460 e. The number of primary sulfonamides is 1. The van der Waals surface area contributed by atoms with Gasteiger partial charge in [-0.05, 0) is 36.8 Å². The zero-order valence-corrected chi connectivity index (χ0v) is 16.5. The molecule has 3 N–H and O–H groups in total. The number of nitrogens with one attached hydrogen (secondary N) is 1. The summed E-state index contributed by atoms with van der Waals surface area (Å²) in [6.45, 7) is 3.82. The fourth-order valence-electron chi connectivity index (χ4n) is 3.01. The lowest BCUT2D eigenvalue weighted by molar-refractivity contribution is -0.117. The van der Waals surface area contributed by atoms with Crippen LogP contribution in [0.1, 0.15) is 36.8 Å². The molecule has 0 saturated carbocycles. The van der Waals surface area contributed by atoms with Gasteiger partial charge in [0.05, 0.1) is 10.9 Å². The van der Waals surface area contributed by atoms with E-state index in [-0.39, 0.29) is 16.8 Å². The van der Waals surface area contributed by atoms with E-state index < -0.39 is 10.0 Å². The number of furan rings is 1. The van der Waals surface area contributed by atoms with Gasteiger partial charge in [-0.3, -0.25) is 4.79 Å². The normalized spacial score (nSPS) is 13.1. The molecule has 146 valence electrons. The van der Waals surface area contributed by atoms with Crippen LogP contribution in [-0.2, 0) is 21.2 Å². The Morgan fingerprint density at radius 1 is 1.18 bits per heavy atom. The van der Waals surface area contributed by atoms with Crippen LogP contribution in [0.2, 0.25) is 0 Å². The Morgan fingerprint density at radius 3 is 2.50 bits per heavy atom. The number of nitrogens with two attached hydrogens (primary N) is 1. The van der Waals surface area contributed by atoms with Gasteiger partial charge in [-0.2, -0.15) is 0 Å². The zero-order valence-electron chi connectivity index (χ0n) is 15.7. The van der Waals surface area contributed by atoms with Gasteiger partial charge in [0.15, 0.2) is 0 Å². The number of carbonyl (C=O) groups excluding carboxylic acids is 1. The Labute approximate surface area is 164 Å². The van der Waals surface area contributed by atoms with E-state index in [4.69, 9.17) is 9.56 Å². The molecule has 1 unspecified atom stereocenters. The molecule has 28 heavy (non-hydrogen) atoms. The molecule has 0 aliphatic rings. The average molecular weight is 398 g/mol. The van der Waals surface area contributed by atoms with E-state index in [1.54, 1.807) is 18.2 Å². The maximum absolute atomic E-state index is 12.3. The summed E-state index contributed by atoms with van der Waals surface area (Å²) in [7, 11) is -3.73. The number of fused-ring (bicyclic) bond motifs is 1. The van der Waals surface area contributed by atoms with E-state index in [1.165, 1.54) is 18.2 Å². The highest BCUT2D eigenvalue weighted by molar-refractivity contribution is 7.89. The van der Waals surface area contributed by atoms with Crippen LogP contribution < -0.4 is 10.5 Å². The molecule has 3 aromatic rings. The molecule has 0 radical (unpaired) electrons. The standard InChI is InChI=1S/C21H22N2O4S/c1-3-19-18(17-6-4-5-7-20(17)27-19)12-13-21(24)23-14(2)15-8-10-16(11-9-15)28(22,25)26/h4-14H,3H2,1-2H3,(H,23,24)(H2,22,25,26)/b13-12+. The predicted octanol–water partition coefficient (Wildman–Crippen LogP) is 3.53. The third-order valence-electron chi connectivity index (χ3n) is 4.50. The van der Waals surface area contributed by atoms with Crippen molar-refractivity contribution in [3.63, 3.8) is 0 Å². The minimum absolute atomic E-state index is 0.0357. The third kappa shape index (κ3) is 4.32. The molecule has 1 heterocycles. The van der Waals surface area contributed by atoms with Crippen molar-refractivity contribution in [2.45, 2.75) is 31.2 Å². The zero-order chi connectivity index (χ0) is 20.3. The van der Waals surface area contributed by atoms with E-state index in [0.717, 1.165) is 34.3 Å². The van der Waals surface area contributed by atoms with Crippen molar-refractivity contribution in [2.75, 3.05) is 0 Å². The summed E-state index contributed by atoms with van der Waals surface area (Å²) in [5.41, 5.74) is 2.47. The lowest BCUT2D eigenvalue weighted by atomic mass is 10.1. The lowest BCUT2D eigenvalue weighted by Gasteiger charge is -2.13. The van der Waals surface area contributed by atoms with Crippen molar-refractivity contribution in [3.8, 4) is 0 Å². The number of carbonyl (C=O) groups is 1. The van der Waals surface area contributed by atoms with Crippen LogP contribution in [0.4, 0.5) is 0 Å². The van der Waals surface area contributed by atoms with Gasteiger partial charge in [0.2, 0.25) is 15.9 Å². The van der Waals surface area contributed by atoms with Crippen LogP contribution in [0.15, 0.2) is 63.9 Å². The second kappa shape index (κ2) is 8.00. The molecule has 3 rings (SSSR count). The van der Waals surface area contributed by atoms with Gasteiger partial charge in [0.1, 0.15) is 11.3 Å². The summed E-state index contributed by atoms with van der Waals surface area (Å²) in [5.74, 6) is 0.576. The lowest BCUT2D eigenvalue weighted by Crippen LogP contribution is -2.24. The quantitative estimate of drug-likeness (QED) is 0.620. The number of benzene rings is 2. The highest BCUT2D eigenvalue weighted by Crippen LogP contribution is 2.27. The SMILES string of the molecule is CCc1oc2ccccc2c1/C=C/C(=O)NC(C)c1ccc(S(N)(=O)=O)cc1. The Hall–Kier alpha value is -2.90. The van der Waals surface area contributed by atoms with Gasteiger partial charge >= 0.3 is 0 Å². The van der Waals surface area contributed by atoms with E-state index in [9.17, 15) is 13.2 Å². The Balaban J connectivity index is 1.73. The molecule has 1 atom stereocenters. The first-order valence-corrected chi connectivity index (χ1v) is 10.5. The number of para-hydroxylation sites is 1. The van der Waals surface area contributed by atoms with Crippen LogP contribution in [0, 0.1) is 0 Å². The van der Waals surface area contributed by atoms with E-state index in [1.807, 2.05) is 38.1 Å². The highest BCUT2D eigenvalue weighted by Gasteiger charge is 2.13. The Morgan fingerprint density at radius 2 is 1.86 bits per heavy atom. The van der Waals surface area contributed by atoms with Gasteiger partial charge < -0.3 is 9.73 Å². The molecule has 6 nitrogen and oxygen atoms in total. The minimum atomic E-state index is -3.73. The fourth-order valence-corrected chi connectivity index (χ4v) is 3.53. The second-order valence-corrected chi connectivity index (χ2v) is 8.03. The molecule has 2 aromatic carbocycles. The molecule has 1 aromatic heterocycles. The topological polar surface area (TPSA) is 102 Å². The van der Waals surface area contributed by atoms with Gasteiger partial charge in [0, 0.05) is 23.4 Å². The fraction of sp³-hybridized carbons (Fsp3) is 0.190. The van der Waals surface area contributed by atoms with Gasteiger partial charge in [-0.1, -0.05) is 37.3 Å². The van der Waals surface area contributed by atoms with Crippen LogP contribution in [0.5, 0.6) is 0 Å². The first-order valence-electron chi connectivity index (χ1n) is 8.91. The largest absolute Gasteiger partial charge is 0.460 e. The van der Waals surface area contributed by atoms with E-state index in [2.05, 4.69) is 5.32 Å². The second-order valence-electron chi connectivity index (χ2n) is 6.47. The molecule has 0 aliphatic heterocycles. The Bertz CT molecular complexity index is 1130. The average Bonchev–Trinajstić information content (AvgIpc) is 3.03. The molecular formula is C21H22N2O4S. The molecule has 0 saturated heterocycles. The summed E-state index contributed by atoms with van der Waals surface area (Å²) < 4.78 is 28.5. The maximum atomic E-state index is 12.3. The number of amides is 1. The van der Waals surface area contributed by atoms with Crippen LogP contribution in [-0.4, -0.2) is 14.3 Å². The first kappa shape index (κ1) is 19.9. The summed E-state index contributed by atoms with van der Waals surface area (Å²) in [6.07, 6.45) is 3.96. The summed E-state index contributed by atoms with van der Waals surface area (Å²) >= 11 is 0. The Kier molecular flexibility index (Phi) is 5.67. The number of hydrogen-bond donors (Lipinski definition) is 2. The number of sulfonamides is 1. The number of aryl methyl sites for hydroxylation is 1. The first-order chi connectivity index (χ1) is 13.3. The smallest absolute Gasteiger partial charge is 0.244 e. The summed E-state index contributed by atoms with van der Waals surface area (Å²) in [5, 5.41) is 8.93. The van der Waals surface area contributed by atoms with E-state index >= 15 is 0 Å². The molecule has 0 spiro atoms. The van der Waals surface area contributed by atoms with Crippen LogP contribution in [0.25, 0.3) is 17.0 Å². The molecule has 0 bridgehead atoms. The van der Waals surface area contributed by atoms with Gasteiger partial charge in [-0.15, -0.1) is 0 Å². The molecule has 1 amide bonds. The van der Waals surface area contributed by atoms with Crippen molar-refractivity contribution < 1.29 is 17.6 Å². The predicted molar refractivity (Wildman–Crippen MR) is 109 cm³/mol. The monoisotopic (exact) mass is 398 g/mol. The molecule has 7 heteroatoms. The van der Waals surface area contributed by atoms with E-state index in [0.29, 0.717) is 0 Å². The van der Waals surface area contributed by atoms with Crippen molar-refractivity contribution in [1.82, 2.24) is 5.32 Å². The van der Waals surface area contributed by atoms with Crippen molar-refractivity contribution in [2.24, 2.45) is 5.14 Å². The highest BCUT2D eigenvalue weighted by atomic mass is 32.2. The van der Waals surface area contributed by atoms with Gasteiger partial charge in [-0.25, -0.2) is 13.6 Å². The van der Waals surface area contributed by atoms with Gasteiger partial charge in [0.25, 0.3) is 0 Å². The van der Waals surface area contributed by atoms with Crippen molar-refractivity contribution in [1.29, 1.82) is 0 Å². The summed E-state index contributed by atoms with van der Waals surface area (Å²) in [4.78, 5) is 12.4. The van der Waals surface area contributed by atoms with Crippen molar-refractivity contribution >= 4 is 33.0 Å². The van der Waals surface area contributed by atoms with Crippen molar-refractivity contribution in [3.05, 3.63) is 71.5 Å². The third-order valence-corrected chi connectivity index (χ3v) is 5.43. The van der Waals surface area contributed by atoms with Crippen LogP contribution >= 0.6 is 0 Å². The molecule has 0 fully saturated rings. The maximum Gasteiger partial charge on any atom is 0.244 e. The number of rotatable bonds is 6. The number of hydrogen-bond acceptors (Lipinski definition) is 4.